The van der Waals surface area contributed by atoms with Crippen molar-refractivity contribution in [2.75, 3.05) is 26.0 Å². The van der Waals surface area contributed by atoms with Crippen molar-refractivity contribution in [3.63, 3.8) is 0 Å². The van der Waals surface area contributed by atoms with Crippen LogP contribution in [0, 0.1) is 5.82 Å². The second kappa shape index (κ2) is 8.64. The first-order valence-corrected chi connectivity index (χ1v) is 8.84. The van der Waals surface area contributed by atoms with Gasteiger partial charge in [0.2, 0.25) is 5.91 Å². The molecule has 0 heterocycles. The SMILES string of the molecule is COc1ccc2cc(CN(C)CCC(=O)Nc3cccc(F)c3)ccc2c1. The molecule has 0 aliphatic heterocycles. The third-order valence-electron chi connectivity index (χ3n) is 4.39. The molecule has 5 heteroatoms. The summed E-state index contributed by atoms with van der Waals surface area (Å²) in [5.41, 5.74) is 1.66. The van der Waals surface area contributed by atoms with Gasteiger partial charge in [0, 0.05) is 25.2 Å². The molecular formula is C22H23FN2O2. The number of hydrogen-bond donors (Lipinski definition) is 1. The molecule has 4 nitrogen and oxygen atoms in total. The Labute approximate surface area is 158 Å². The monoisotopic (exact) mass is 366 g/mol. The van der Waals surface area contributed by atoms with Crippen LogP contribution in [-0.4, -0.2) is 31.5 Å². The lowest BCUT2D eigenvalue weighted by Crippen LogP contribution is -2.24. The summed E-state index contributed by atoms with van der Waals surface area (Å²) in [5, 5.41) is 5.01. The summed E-state index contributed by atoms with van der Waals surface area (Å²) in [4.78, 5) is 14.1. The third kappa shape index (κ3) is 5.28. The van der Waals surface area contributed by atoms with Crippen LogP contribution in [0.3, 0.4) is 0 Å². The Hall–Kier alpha value is -2.92. The average Bonchev–Trinajstić information content (AvgIpc) is 2.66. The van der Waals surface area contributed by atoms with Crippen molar-refractivity contribution >= 4 is 22.4 Å². The topological polar surface area (TPSA) is 41.6 Å². The summed E-state index contributed by atoms with van der Waals surface area (Å²) in [7, 11) is 3.64. The molecule has 0 unspecified atom stereocenters. The summed E-state index contributed by atoms with van der Waals surface area (Å²) in [5.74, 6) is 0.355. The number of halogens is 1. The van der Waals surface area contributed by atoms with Gasteiger partial charge in [-0.2, -0.15) is 0 Å². The van der Waals surface area contributed by atoms with Gasteiger partial charge in [0.15, 0.2) is 0 Å². The lowest BCUT2D eigenvalue weighted by Gasteiger charge is -2.17. The van der Waals surface area contributed by atoms with E-state index in [1.807, 2.05) is 25.2 Å². The van der Waals surface area contributed by atoms with Gasteiger partial charge < -0.3 is 15.0 Å². The summed E-state index contributed by atoms with van der Waals surface area (Å²) >= 11 is 0. The number of ether oxygens (including phenoxy) is 1. The fourth-order valence-electron chi connectivity index (χ4n) is 2.97. The molecule has 0 aliphatic rings. The van der Waals surface area contributed by atoms with Crippen molar-refractivity contribution < 1.29 is 13.9 Å². The molecule has 1 N–H and O–H groups in total. The minimum atomic E-state index is -0.362. The summed E-state index contributed by atoms with van der Waals surface area (Å²) in [6.07, 6.45) is 0.345. The highest BCUT2D eigenvalue weighted by Gasteiger charge is 2.07. The van der Waals surface area contributed by atoms with E-state index >= 15 is 0 Å². The smallest absolute Gasteiger partial charge is 0.225 e. The van der Waals surface area contributed by atoms with Gasteiger partial charge in [-0.05, 0) is 59.8 Å². The van der Waals surface area contributed by atoms with Crippen LogP contribution >= 0.6 is 0 Å². The van der Waals surface area contributed by atoms with Crippen LogP contribution in [0.1, 0.15) is 12.0 Å². The summed E-state index contributed by atoms with van der Waals surface area (Å²) < 4.78 is 18.4. The van der Waals surface area contributed by atoms with Crippen LogP contribution in [0.15, 0.2) is 60.7 Å². The van der Waals surface area contributed by atoms with E-state index in [0.717, 1.165) is 23.1 Å². The van der Waals surface area contributed by atoms with E-state index in [0.29, 0.717) is 18.7 Å². The molecule has 1 amide bonds. The Bertz CT molecular complexity index is 942. The standard InChI is InChI=1S/C22H23FN2O2/c1-25(11-10-22(26)24-20-5-3-4-19(23)14-20)15-16-6-7-18-13-21(27-2)9-8-17(18)12-16/h3-9,12-14H,10-11,15H2,1-2H3,(H,24,26). The fraction of sp³-hybridized carbons (Fsp3) is 0.227. The Morgan fingerprint density at radius 1 is 1.07 bits per heavy atom. The van der Waals surface area contributed by atoms with Crippen LogP contribution in [0.4, 0.5) is 10.1 Å². The van der Waals surface area contributed by atoms with Gasteiger partial charge in [-0.15, -0.1) is 0 Å². The maximum atomic E-state index is 13.2. The molecule has 0 fully saturated rings. The van der Waals surface area contributed by atoms with Gasteiger partial charge in [-0.1, -0.05) is 24.3 Å². The van der Waals surface area contributed by atoms with Crippen molar-refractivity contribution in [1.29, 1.82) is 0 Å². The van der Waals surface area contributed by atoms with E-state index in [1.165, 1.54) is 17.7 Å². The zero-order valence-electron chi connectivity index (χ0n) is 15.5. The second-order valence-corrected chi connectivity index (χ2v) is 6.59. The minimum absolute atomic E-state index is 0.127. The largest absolute Gasteiger partial charge is 0.497 e. The normalized spacial score (nSPS) is 11.0. The van der Waals surface area contributed by atoms with E-state index in [1.54, 1.807) is 19.2 Å². The van der Waals surface area contributed by atoms with Crippen LogP contribution in [0.25, 0.3) is 10.8 Å². The first-order chi connectivity index (χ1) is 13.0. The number of benzene rings is 3. The molecule has 3 aromatic carbocycles. The maximum Gasteiger partial charge on any atom is 0.225 e. The zero-order valence-corrected chi connectivity index (χ0v) is 15.5. The van der Waals surface area contributed by atoms with Crippen molar-refractivity contribution in [1.82, 2.24) is 4.90 Å². The van der Waals surface area contributed by atoms with Gasteiger partial charge in [0.05, 0.1) is 7.11 Å². The number of carbonyl (C=O) groups excluding carboxylic acids is 1. The van der Waals surface area contributed by atoms with Crippen molar-refractivity contribution in [3.8, 4) is 5.75 Å². The van der Waals surface area contributed by atoms with Crippen LogP contribution < -0.4 is 10.1 Å². The second-order valence-electron chi connectivity index (χ2n) is 6.59. The number of hydrogen-bond acceptors (Lipinski definition) is 3. The molecule has 3 rings (SSSR count). The Morgan fingerprint density at radius 3 is 2.63 bits per heavy atom. The van der Waals surface area contributed by atoms with Gasteiger partial charge in [-0.3, -0.25) is 4.79 Å². The predicted molar refractivity (Wildman–Crippen MR) is 106 cm³/mol. The highest BCUT2D eigenvalue weighted by atomic mass is 19.1. The average molecular weight is 366 g/mol. The number of nitrogens with zero attached hydrogens (tertiary/aromatic N) is 1. The third-order valence-corrected chi connectivity index (χ3v) is 4.39. The molecule has 27 heavy (non-hydrogen) atoms. The zero-order chi connectivity index (χ0) is 19.2. The molecule has 0 spiro atoms. The Morgan fingerprint density at radius 2 is 1.85 bits per heavy atom. The predicted octanol–water partition coefficient (Wildman–Crippen LogP) is 4.45. The molecule has 0 aliphatic carbocycles. The van der Waals surface area contributed by atoms with E-state index in [-0.39, 0.29) is 11.7 Å². The summed E-state index contributed by atoms with van der Waals surface area (Å²) in [6.45, 7) is 1.36. The number of fused-ring (bicyclic) bond motifs is 1. The van der Waals surface area contributed by atoms with Gasteiger partial charge in [-0.25, -0.2) is 4.39 Å². The first-order valence-electron chi connectivity index (χ1n) is 8.84. The van der Waals surface area contributed by atoms with E-state index in [2.05, 4.69) is 28.4 Å². The van der Waals surface area contributed by atoms with Crippen LogP contribution in [0.2, 0.25) is 0 Å². The number of amides is 1. The van der Waals surface area contributed by atoms with Crippen LogP contribution in [-0.2, 0) is 11.3 Å². The van der Waals surface area contributed by atoms with E-state index in [4.69, 9.17) is 4.74 Å². The highest BCUT2D eigenvalue weighted by molar-refractivity contribution is 5.90. The van der Waals surface area contributed by atoms with Gasteiger partial charge in [0.25, 0.3) is 0 Å². The maximum absolute atomic E-state index is 13.2. The Kier molecular flexibility index (Phi) is 6.04. The molecule has 0 aromatic heterocycles. The number of carbonyl (C=O) groups is 1. The molecule has 0 atom stereocenters. The number of anilines is 1. The number of rotatable bonds is 7. The van der Waals surface area contributed by atoms with Gasteiger partial charge >= 0.3 is 0 Å². The molecular weight excluding hydrogens is 343 g/mol. The molecule has 0 bridgehead atoms. The molecule has 140 valence electrons. The van der Waals surface area contributed by atoms with E-state index < -0.39 is 0 Å². The fourth-order valence-corrected chi connectivity index (χ4v) is 2.97. The minimum Gasteiger partial charge on any atom is -0.497 e. The molecule has 0 saturated heterocycles. The molecule has 0 radical (unpaired) electrons. The number of methoxy groups -OCH3 is 1. The highest BCUT2D eigenvalue weighted by Crippen LogP contribution is 2.22. The molecule has 3 aromatic rings. The van der Waals surface area contributed by atoms with Crippen LogP contribution in [0.5, 0.6) is 5.75 Å². The lowest BCUT2D eigenvalue weighted by molar-refractivity contribution is -0.116. The number of nitrogens with one attached hydrogen (secondary N) is 1. The molecule has 0 saturated carbocycles. The lowest BCUT2D eigenvalue weighted by atomic mass is 10.1. The summed E-state index contributed by atoms with van der Waals surface area (Å²) in [6, 6.07) is 18.2. The van der Waals surface area contributed by atoms with Gasteiger partial charge in [0.1, 0.15) is 11.6 Å². The quantitative estimate of drug-likeness (QED) is 0.672. The first kappa shape index (κ1) is 18.9. The van der Waals surface area contributed by atoms with Crippen molar-refractivity contribution in [2.24, 2.45) is 0 Å². The van der Waals surface area contributed by atoms with E-state index in [9.17, 15) is 9.18 Å². The van der Waals surface area contributed by atoms with Crippen molar-refractivity contribution in [3.05, 3.63) is 72.0 Å². The Balaban J connectivity index is 1.53. The van der Waals surface area contributed by atoms with Crippen molar-refractivity contribution in [2.45, 2.75) is 13.0 Å².